The van der Waals surface area contributed by atoms with Crippen molar-refractivity contribution in [1.82, 2.24) is 5.32 Å². The van der Waals surface area contributed by atoms with Gasteiger partial charge in [-0.2, -0.15) is 0 Å². The largest absolute Gasteiger partial charge is 0.465 e. The van der Waals surface area contributed by atoms with E-state index in [-0.39, 0.29) is 5.97 Å². The number of carbonyl (C=O) groups is 1. The molecule has 0 saturated carbocycles. The normalized spacial score (nSPS) is 15.3. The number of ether oxygens (including phenoxy) is 1. The van der Waals surface area contributed by atoms with E-state index in [0.717, 1.165) is 17.4 Å². The van der Waals surface area contributed by atoms with Crippen molar-refractivity contribution in [3.05, 3.63) is 28.7 Å². The fourth-order valence-corrected chi connectivity index (χ4v) is 3.71. The first-order valence-electron chi connectivity index (χ1n) is 7.25. The summed E-state index contributed by atoms with van der Waals surface area (Å²) in [7, 11) is 0. The molecule has 0 heterocycles. The lowest BCUT2D eigenvalue weighted by Crippen LogP contribution is -2.51. The summed E-state index contributed by atoms with van der Waals surface area (Å²) in [4.78, 5) is 13.4. The van der Waals surface area contributed by atoms with Crippen LogP contribution in [-0.2, 0) is 9.53 Å². The number of hydrogen-bond donors (Lipinski definition) is 1. The van der Waals surface area contributed by atoms with Gasteiger partial charge in [0.05, 0.1) is 6.61 Å². The lowest BCUT2D eigenvalue weighted by atomic mass is 9.96. The Morgan fingerprint density at radius 2 is 2.00 bits per heavy atom. The Kier molecular flexibility index (Phi) is 7.77. The molecule has 1 aromatic rings. The highest BCUT2D eigenvalue weighted by atomic mass is 79.9. The summed E-state index contributed by atoms with van der Waals surface area (Å²) in [6.45, 7) is 9.06. The predicted octanol–water partition coefficient (Wildman–Crippen LogP) is 4.25. The van der Waals surface area contributed by atoms with Gasteiger partial charge >= 0.3 is 5.97 Å². The van der Waals surface area contributed by atoms with Crippen molar-refractivity contribution >= 4 is 33.7 Å². The molecule has 1 rings (SSSR count). The first kappa shape index (κ1) is 18.5. The number of hydrogen-bond acceptors (Lipinski definition) is 4. The number of halogens is 1. The van der Waals surface area contributed by atoms with Gasteiger partial charge in [-0.25, -0.2) is 0 Å². The molecule has 0 spiro atoms. The van der Waals surface area contributed by atoms with E-state index in [9.17, 15) is 4.79 Å². The van der Waals surface area contributed by atoms with Gasteiger partial charge in [-0.1, -0.05) is 29.8 Å². The maximum absolute atomic E-state index is 12.2. The Labute approximate surface area is 140 Å². The Bertz CT molecular complexity index is 452. The summed E-state index contributed by atoms with van der Waals surface area (Å²) in [6, 6.07) is 8.23. The molecule has 0 aliphatic rings. The monoisotopic (exact) mass is 373 g/mol. The van der Waals surface area contributed by atoms with Gasteiger partial charge in [-0.05, 0) is 51.1 Å². The number of carbonyl (C=O) groups excluding carboxylic acids is 1. The molecule has 1 N–H and O–H groups in total. The third kappa shape index (κ3) is 6.01. The van der Waals surface area contributed by atoms with Crippen molar-refractivity contribution in [2.24, 2.45) is 0 Å². The molecule has 0 aromatic heterocycles. The fraction of sp³-hybridized carbons (Fsp3) is 0.562. The van der Waals surface area contributed by atoms with E-state index >= 15 is 0 Å². The highest BCUT2D eigenvalue weighted by Crippen LogP contribution is 2.30. The lowest BCUT2D eigenvalue weighted by molar-refractivity contribution is -0.150. The summed E-state index contributed by atoms with van der Waals surface area (Å²) in [6.07, 6.45) is 0.723. The molecule has 0 saturated heterocycles. The molecule has 118 valence electrons. The second-order valence-electron chi connectivity index (χ2n) is 5.17. The van der Waals surface area contributed by atoms with Crippen LogP contribution in [0.15, 0.2) is 33.6 Å². The second-order valence-corrected chi connectivity index (χ2v) is 7.60. The molecular weight excluding hydrogens is 350 g/mol. The van der Waals surface area contributed by atoms with E-state index in [1.165, 1.54) is 4.90 Å². The Morgan fingerprint density at radius 3 is 2.52 bits per heavy atom. The van der Waals surface area contributed by atoms with Crippen LogP contribution >= 0.6 is 27.7 Å². The van der Waals surface area contributed by atoms with Crippen molar-refractivity contribution in [1.29, 1.82) is 0 Å². The Morgan fingerprint density at radius 1 is 1.38 bits per heavy atom. The van der Waals surface area contributed by atoms with Crippen LogP contribution in [0.1, 0.15) is 34.1 Å². The third-order valence-electron chi connectivity index (χ3n) is 3.14. The molecule has 2 unspecified atom stereocenters. The first-order valence-corrected chi connectivity index (χ1v) is 8.93. The molecule has 0 bridgehead atoms. The van der Waals surface area contributed by atoms with E-state index in [4.69, 9.17) is 4.74 Å². The zero-order chi connectivity index (χ0) is 15.9. The maximum atomic E-state index is 12.2. The SMILES string of the molecule is CCNC(C)(CC(C)Sc1ccc(Br)cc1)C(=O)OCC. The number of nitrogens with one attached hydrogen (secondary N) is 1. The quantitative estimate of drug-likeness (QED) is 0.545. The number of esters is 1. The van der Waals surface area contributed by atoms with Gasteiger partial charge in [0.25, 0.3) is 0 Å². The van der Waals surface area contributed by atoms with E-state index in [1.807, 2.05) is 32.9 Å². The number of benzene rings is 1. The predicted molar refractivity (Wildman–Crippen MR) is 92.8 cm³/mol. The molecule has 0 radical (unpaired) electrons. The van der Waals surface area contributed by atoms with E-state index in [0.29, 0.717) is 11.9 Å². The lowest BCUT2D eigenvalue weighted by Gasteiger charge is -2.30. The molecule has 5 heteroatoms. The minimum Gasteiger partial charge on any atom is -0.465 e. The smallest absolute Gasteiger partial charge is 0.326 e. The van der Waals surface area contributed by atoms with Gasteiger partial charge in [0.1, 0.15) is 5.54 Å². The zero-order valence-corrected chi connectivity index (χ0v) is 15.5. The van der Waals surface area contributed by atoms with Crippen LogP contribution in [0, 0.1) is 0 Å². The molecule has 21 heavy (non-hydrogen) atoms. The van der Waals surface area contributed by atoms with E-state index in [1.54, 1.807) is 11.8 Å². The molecule has 1 aromatic carbocycles. The van der Waals surface area contributed by atoms with Crippen LogP contribution in [0.4, 0.5) is 0 Å². The van der Waals surface area contributed by atoms with Gasteiger partial charge in [0.15, 0.2) is 0 Å². The molecule has 0 aliphatic heterocycles. The van der Waals surface area contributed by atoms with Crippen molar-refractivity contribution in [2.45, 2.75) is 49.8 Å². The van der Waals surface area contributed by atoms with Gasteiger partial charge in [0, 0.05) is 14.6 Å². The average Bonchev–Trinajstić information content (AvgIpc) is 2.41. The van der Waals surface area contributed by atoms with Gasteiger partial charge in [-0.15, -0.1) is 11.8 Å². The maximum Gasteiger partial charge on any atom is 0.326 e. The highest BCUT2D eigenvalue weighted by molar-refractivity contribution is 9.10. The third-order valence-corrected chi connectivity index (χ3v) is 4.78. The molecule has 3 nitrogen and oxygen atoms in total. The van der Waals surface area contributed by atoms with Crippen molar-refractivity contribution in [2.75, 3.05) is 13.2 Å². The van der Waals surface area contributed by atoms with Gasteiger partial charge in [0.2, 0.25) is 0 Å². The van der Waals surface area contributed by atoms with Crippen molar-refractivity contribution in [3.63, 3.8) is 0 Å². The van der Waals surface area contributed by atoms with Crippen LogP contribution in [0.25, 0.3) is 0 Å². The van der Waals surface area contributed by atoms with Crippen molar-refractivity contribution < 1.29 is 9.53 Å². The summed E-state index contributed by atoms with van der Waals surface area (Å²) < 4.78 is 6.28. The molecule has 0 amide bonds. The van der Waals surface area contributed by atoms with E-state index < -0.39 is 5.54 Å². The molecule has 2 atom stereocenters. The summed E-state index contributed by atoms with van der Waals surface area (Å²) >= 11 is 5.21. The van der Waals surface area contributed by atoms with Crippen LogP contribution in [-0.4, -0.2) is 29.9 Å². The first-order chi connectivity index (χ1) is 9.91. The molecule has 0 aliphatic carbocycles. The minimum absolute atomic E-state index is 0.171. The second kappa shape index (κ2) is 8.81. The number of rotatable bonds is 8. The van der Waals surface area contributed by atoms with Gasteiger partial charge < -0.3 is 10.1 Å². The molecular formula is C16H24BrNO2S. The highest BCUT2D eigenvalue weighted by Gasteiger charge is 2.35. The van der Waals surface area contributed by atoms with Crippen LogP contribution in [0.2, 0.25) is 0 Å². The van der Waals surface area contributed by atoms with Gasteiger partial charge in [-0.3, -0.25) is 4.79 Å². The topological polar surface area (TPSA) is 38.3 Å². The molecule has 0 fully saturated rings. The minimum atomic E-state index is -0.632. The Balaban J connectivity index is 2.69. The standard InChI is InChI=1S/C16H24BrNO2S/c1-5-18-16(4,15(19)20-6-2)11-12(3)21-14-9-7-13(17)8-10-14/h7-10,12,18H,5-6,11H2,1-4H3. The average molecular weight is 374 g/mol. The van der Waals surface area contributed by atoms with Crippen LogP contribution in [0.5, 0.6) is 0 Å². The summed E-state index contributed by atoms with van der Waals surface area (Å²) in [5.41, 5.74) is -0.632. The Hall–Kier alpha value is -0.520. The summed E-state index contributed by atoms with van der Waals surface area (Å²) in [5, 5.41) is 3.58. The van der Waals surface area contributed by atoms with Crippen LogP contribution < -0.4 is 5.32 Å². The van der Waals surface area contributed by atoms with E-state index in [2.05, 4.69) is 40.3 Å². The zero-order valence-electron chi connectivity index (χ0n) is 13.1. The van der Waals surface area contributed by atoms with Crippen LogP contribution in [0.3, 0.4) is 0 Å². The summed E-state index contributed by atoms with van der Waals surface area (Å²) in [5.74, 6) is -0.171. The fourth-order valence-electron chi connectivity index (χ4n) is 2.27. The number of likely N-dealkylation sites (N-methyl/N-ethyl adjacent to an activating group) is 1. The van der Waals surface area contributed by atoms with Crippen molar-refractivity contribution in [3.8, 4) is 0 Å². The number of thioether (sulfide) groups is 1.